The highest BCUT2D eigenvalue weighted by Gasteiger charge is 2.13. The molecule has 2 aromatic carbocycles. The molecule has 1 fully saturated rings. The van der Waals surface area contributed by atoms with Crippen LogP contribution in [0.3, 0.4) is 0 Å². The first-order valence-corrected chi connectivity index (χ1v) is 10.5. The Balaban J connectivity index is 1.53. The second-order valence-electron chi connectivity index (χ2n) is 6.87. The predicted octanol–water partition coefficient (Wildman–Crippen LogP) is 3.21. The number of nitrogens with zero attached hydrogens (tertiary/aromatic N) is 1. The minimum atomic E-state index is -3.34. The number of likely N-dealkylation sites (tertiary alicyclic amines) is 1. The first kappa shape index (κ1) is 18.1. The van der Waals surface area contributed by atoms with Crippen molar-refractivity contribution in [2.45, 2.75) is 38.6 Å². The fourth-order valence-corrected chi connectivity index (χ4v) is 4.33. The summed E-state index contributed by atoms with van der Waals surface area (Å²) in [4.78, 5) is 2.46. The lowest BCUT2D eigenvalue weighted by molar-refractivity contribution is 0.331. The van der Waals surface area contributed by atoms with Gasteiger partial charge >= 0.3 is 0 Å². The van der Waals surface area contributed by atoms with Gasteiger partial charge in [-0.1, -0.05) is 54.1 Å². The number of benzene rings is 2. The maximum Gasteiger partial charge on any atom is 0.216 e. The van der Waals surface area contributed by atoms with Crippen LogP contribution in [0.15, 0.2) is 48.5 Å². The van der Waals surface area contributed by atoms with E-state index >= 15 is 0 Å². The van der Waals surface area contributed by atoms with E-state index in [4.69, 9.17) is 0 Å². The third-order valence-corrected chi connectivity index (χ3v) is 5.86. The topological polar surface area (TPSA) is 49.4 Å². The van der Waals surface area contributed by atoms with Crippen LogP contribution in [0.1, 0.15) is 35.1 Å². The van der Waals surface area contributed by atoms with Gasteiger partial charge in [-0.25, -0.2) is 13.1 Å². The SMILES string of the molecule is Cc1cccc(CS(=O)(=O)NCc2ccc(CN3CCCC3)cc2)c1. The van der Waals surface area contributed by atoms with Gasteiger partial charge in [-0.3, -0.25) is 4.90 Å². The van der Waals surface area contributed by atoms with Crippen molar-refractivity contribution >= 4 is 10.0 Å². The van der Waals surface area contributed by atoms with E-state index in [2.05, 4.69) is 21.8 Å². The summed E-state index contributed by atoms with van der Waals surface area (Å²) in [6.07, 6.45) is 2.58. The van der Waals surface area contributed by atoms with Gasteiger partial charge in [-0.15, -0.1) is 0 Å². The molecule has 3 rings (SSSR count). The van der Waals surface area contributed by atoms with Crippen LogP contribution in [0.5, 0.6) is 0 Å². The molecule has 1 saturated heterocycles. The monoisotopic (exact) mass is 358 g/mol. The zero-order valence-electron chi connectivity index (χ0n) is 14.7. The number of sulfonamides is 1. The van der Waals surface area contributed by atoms with Crippen LogP contribution >= 0.6 is 0 Å². The molecule has 5 heteroatoms. The number of nitrogens with one attached hydrogen (secondary N) is 1. The molecule has 0 aliphatic carbocycles. The summed E-state index contributed by atoms with van der Waals surface area (Å²) in [6.45, 7) is 5.64. The highest BCUT2D eigenvalue weighted by Crippen LogP contribution is 2.14. The molecular formula is C20H26N2O2S. The van der Waals surface area contributed by atoms with Crippen molar-refractivity contribution in [1.82, 2.24) is 9.62 Å². The van der Waals surface area contributed by atoms with Crippen molar-refractivity contribution < 1.29 is 8.42 Å². The minimum Gasteiger partial charge on any atom is -0.299 e. The summed E-state index contributed by atoms with van der Waals surface area (Å²) in [5.41, 5.74) is 4.15. The summed E-state index contributed by atoms with van der Waals surface area (Å²) in [6, 6.07) is 15.8. The van der Waals surface area contributed by atoms with Gasteiger partial charge in [0.05, 0.1) is 5.75 Å². The van der Waals surface area contributed by atoms with Gasteiger partial charge in [0.1, 0.15) is 0 Å². The number of rotatable bonds is 7. The molecule has 25 heavy (non-hydrogen) atoms. The highest BCUT2D eigenvalue weighted by molar-refractivity contribution is 7.88. The van der Waals surface area contributed by atoms with E-state index in [0.717, 1.165) is 23.2 Å². The first-order chi connectivity index (χ1) is 12.0. The Morgan fingerprint density at radius 3 is 2.32 bits per heavy atom. The molecule has 2 aromatic rings. The Hall–Kier alpha value is -1.69. The minimum absolute atomic E-state index is 0.0156. The Morgan fingerprint density at radius 2 is 1.64 bits per heavy atom. The fraction of sp³-hybridized carbons (Fsp3) is 0.400. The van der Waals surface area contributed by atoms with Gasteiger partial charge < -0.3 is 0 Å². The number of hydrogen-bond acceptors (Lipinski definition) is 3. The van der Waals surface area contributed by atoms with Crippen LogP contribution in [0.25, 0.3) is 0 Å². The Kier molecular flexibility index (Phi) is 5.89. The molecule has 4 nitrogen and oxygen atoms in total. The van der Waals surface area contributed by atoms with Gasteiger partial charge in [-0.05, 0) is 49.5 Å². The summed E-state index contributed by atoms with van der Waals surface area (Å²) in [5.74, 6) is 0.0156. The molecule has 0 unspecified atom stereocenters. The molecule has 0 aromatic heterocycles. The zero-order valence-corrected chi connectivity index (χ0v) is 15.6. The molecule has 0 bridgehead atoms. The number of aryl methyl sites for hydroxylation is 1. The molecule has 0 saturated carbocycles. The average Bonchev–Trinajstić information content (AvgIpc) is 3.07. The van der Waals surface area contributed by atoms with Crippen LogP contribution in [0, 0.1) is 6.92 Å². The van der Waals surface area contributed by atoms with Crippen molar-refractivity contribution in [1.29, 1.82) is 0 Å². The van der Waals surface area contributed by atoms with Crippen molar-refractivity contribution in [2.24, 2.45) is 0 Å². The maximum atomic E-state index is 12.3. The predicted molar refractivity (Wildman–Crippen MR) is 102 cm³/mol. The average molecular weight is 359 g/mol. The quantitative estimate of drug-likeness (QED) is 0.827. The molecule has 1 heterocycles. The summed E-state index contributed by atoms with van der Waals surface area (Å²) >= 11 is 0. The second-order valence-corrected chi connectivity index (χ2v) is 8.68. The second kappa shape index (κ2) is 8.13. The van der Waals surface area contributed by atoms with Gasteiger partial charge in [0.2, 0.25) is 10.0 Å². The molecule has 1 N–H and O–H groups in total. The van der Waals surface area contributed by atoms with Gasteiger partial charge in [-0.2, -0.15) is 0 Å². The van der Waals surface area contributed by atoms with Gasteiger partial charge in [0.25, 0.3) is 0 Å². The molecule has 0 radical (unpaired) electrons. The fourth-order valence-electron chi connectivity index (χ4n) is 3.23. The molecule has 0 amide bonds. The summed E-state index contributed by atoms with van der Waals surface area (Å²) in [5, 5.41) is 0. The normalized spacial score (nSPS) is 15.6. The molecular weight excluding hydrogens is 332 g/mol. The van der Waals surface area contributed by atoms with E-state index in [1.807, 2.05) is 43.3 Å². The molecule has 1 aliphatic heterocycles. The van der Waals surface area contributed by atoms with Crippen molar-refractivity contribution in [3.05, 3.63) is 70.8 Å². The molecule has 0 atom stereocenters. The molecule has 134 valence electrons. The van der Waals surface area contributed by atoms with Gasteiger partial charge in [0, 0.05) is 13.1 Å². The van der Waals surface area contributed by atoms with E-state index < -0.39 is 10.0 Å². The Bertz CT molecular complexity index is 795. The molecule has 0 spiro atoms. The van der Waals surface area contributed by atoms with E-state index in [1.54, 1.807) is 0 Å². The van der Waals surface area contributed by atoms with E-state index in [1.165, 1.54) is 31.5 Å². The van der Waals surface area contributed by atoms with Crippen LogP contribution in [0.2, 0.25) is 0 Å². The van der Waals surface area contributed by atoms with E-state index in [9.17, 15) is 8.42 Å². The Labute approximate surface area is 150 Å². The van der Waals surface area contributed by atoms with Crippen LogP contribution in [-0.2, 0) is 28.9 Å². The van der Waals surface area contributed by atoms with Crippen LogP contribution < -0.4 is 4.72 Å². The van der Waals surface area contributed by atoms with Crippen molar-refractivity contribution in [3.8, 4) is 0 Å². The summed E-state index contributed by atoms with van der Waals surface area (Å²) in [7, 11) is -3.34. The first-order valence-electron chi connectivity index (χ1n) is 8.83. The summed E-state index contributed by atoms with van der Waals surface area (Å²) < 4.78 is 27.2. The third kappa shape index (κ3) is 5.66. The van der Waals surface area contributed by atoms with E-state index in [-0.39, 0.29) is 5.75 Å². The Morgan fingerprint density at radius 1 is 0.960 bits per heavy atom. The number of hydrogen-bond donors (Lipinski definition) is 1. The third-order valence-electron chi connectivity index (χ3n) is 4.56. The lowest BCUT2D eigenvalue weighted by Gasteiger charge is -2.14. The largest absolute Gasteiger partial charge is 0.299 e. The van der Waals surface area contributed by atoms with Crippen molar-refractivity contribution in [2.75, 3.05) is 13.1 Å². The standard InChI is InChI=1S/C20H26N2O2S/c1-17-5-4-6-20(13-17)16-25(23,24)21-14-18-7-9-19(10-8-18)15-22-11-2-3-12-22/h4-10,13,21H,2-3,11-12,14-16H2,1H3. The lowest BCUT2D eigenvalue weighted by Crippen LogP contribution is -2.24. The van der Waals surface area contributed by atoms with Crippen LogP contribution in [-0.4, -0.2) is 26.4 Å². The maximum absolute atomic E-state index is 12.3. The van der Waals surface area contributed by atoms with Crippen LogP contribution in [0.4, 0.5) is 0 Å². The van der Waals surface area contributed by atoms with Gasteiger partial charge in [0.15, 0.2) is 0 Å². The van der Waals surface area contributed by atoms with Crippen molar-refractivity contribution in [3.63, 3.8) is 0 Å². The van der Waals surface area contributed by atoms with E-state index in [0.29, 0.717) is 6.54 Å². The zero-order chi connectivity index (χ0) is 17.7. The smallest absolute Gasteiger partial charge is 0.216 e. The highest BCUT2D eigenvalue weighted by atomic mass is 32.2. The lowest BCUT2D eigenvalue weighted by atomic mass is 10.1. The molecule has 1 aliphatic rings.